The van der Waals surface area contributed by atoms with E-state index in [2.05, 4.69) is 0 Å². The lowest BCUT2D eigenvalue weighted by Crippen LogP contribution is -1.97. The number of hydrogen-bond acceptors (Lipinski definition) is 0. The molecule has 0 nitrogen and oxygen atoms in total. The van der Waals surface area contributed by atoms with Gasteiger partial charge in [-0.3, -0.25) is 0 Å². The number of rotatable bonds is 5. The van der Waals surface area contributed by atoms with Crippen LogP contribution in [0.1, 0.15) is 52.2 Å². The smallest absolute Gasteiger partial charge is 0.0622 e. The first-order chi connectivity index (χ1) is 35.8. The van der Waals surface area contributed by atoms with Crippen molar-refractivity contribution in [2.75, 3.05) is 0 Å². The van der Waals surface area contributed by atoms with Gasteiger partial charge in [-0.05, 0) is 106 Å². The first kappa shape index (κ1) is 10.5. The zero-order valence-corrected chi connectivity index (χ0v) is 23.7. The first-order valence-corrected chi connectivity index (χ1v) is 14.0. The van der Waals surface area contributed by atoms with E-state index >= 15 is 0 Å². The number of hydrogen-bond donors (Lipinski definition) is 0. The third kappa shape index (κ3) is 4.87. The van der Waals surface area contributed by atoms with Crippen molar-refractivity contribution < 1.29 is 41.1 Å². The molecule has 9 rings (SSSR count). The third-order valence-corrected chi connectivity index (χ3v) is 7.47. The Balaban J connectivity index is 1.57. The van der Waals surface area contributed by atoms with Crippen molar-refractivity contribution in [3.8, 4) is 33.4 Å². The fourth-order valence-electron chi connectivity index (χ4n) is 5.37. The van der Waals surface area contributed by atoms with E-state index in [1.807, 2.05) is 0 Å². The molecule has 0 unspecified atom stereocenters. The minimum atomic E-state index is -1.13. The van der Waals surface area contributed by atoms with Crippen LogP contribution in [0.3, 0.4) is 0 Å². The lowest BCUT2D eigenvalue weighted by atomic mass is 9.84. The van der Waals surface area contributed by atoms with Crippen molar-refractivity contribution in [2.24, 2.45) is 0 Å². The maximum Gasteiger partial charge on any atom is 0.0636 e. The van der Waals surface area contributed by atoms with Crippen LogP contribution >= 0.6 is 0 Å². The average Bonchev–Trinajstić information content (AvgIpc) is 3.39. The number of fused-ring (bicyclic) bond motifs is 4. The van der Waals surface area contributed by atoms with Crippen LogP contribution in [0.5, 0.6) is 0 Å². The summed E-state index contributed by atoms with van der Waals surface area (Å²) in [7, 11) is 0. The molecule has 0 bridgehead atoms. The average molecular weight is 627 g/mol. The van der Waals surface area contributed by atoms with Crippen molar-refractivity contribution in [1.82, 2.24) is 0 Å². The monoisotopic (exact) mass is 626 g/mol. The van der Waals surface area contributed by atoms with Gasteiger partial charge in [0.1, 0.15) is 0 Å². The Morgan fingerprint density at radius 3 is 1.70 bits per heavy atom. The summed E-state index contributed by atoms with van der Waals surface area (Å²) in [6.45, 7) is 0. The van der Waals surface area contributed by atoms with Crippen molar-refractivity contribution in [1.29, 1.82) is 0 Å². The predicted molar refractivity (Wildman–Crippen MR) is 202 cm³/mol. The third-order valence-electron chi connectivity index (χ3n) is 7.47. The van der Waals surface area contributed by atoms with Gasteiger partial charge in [0, 0.05) is 0 Å². The molecule has 0 fully saturated rings. The van der Waals surface area contributed by atoms with E-state index in [4.69, 9.17) is 27.4 Å². The molecule has 9 aromatic carbocycles. The molecule has 9 aromatic rings. The lowest BCUT2D eigenvalue weighted by Gasteiger charge is -2.19. The van der Waals surface area contributed by atoms with Crippen molar-refractivity contribution in [2.45, 2.75) is 6.42 Å². The molecule has 47 heavy (non-hydrogen) atoms. The van der Waals surface area contributed by atoms with E-state index in [0.29, 0.717) is 0 Å². The molecule has 0 radical (unpaired) electrons. The Hall–Kier alpha value is -5.98. The van der Waals surface area contributed by atoms with E-state index in [0.717, 1.165) is 0 Å². The molecule has 0 atom stereocenters. The Morgan fingerprint density at radius 2 is 0.872 bits per heavy atom. The summed E-state index contributed by atoms with van der Waals surface area (Å²) in [6.07, 6.45) is -0.981. The SMILES string of the molecule is [2H]c1c([2H])c([2H])c(-c2c([2H])c([2H])c3c(-c4c([2H])c([2H])c(-c5c([2H])c([2H])c6c([2H])c([2H])c([2H])c([2H])c6c5[2H])c([2H])c4[2H])c4c([2H])c([2H])c([2H])c([2H])c4c(Cc4c([2H])c([2H])c([2H])c5c([2H])c([2H])c([2H])c([2H])c45)c3c2[2H])c([2H])c1[2H]. The van der Waals surface area contributed by atoms with Crippen LogP contribution in [0.25, 0.3) is 76.5 Å². The Morgan fingerprint density at radius 1 is 0.319 bits per heavy atom. The topological polar surface area (TPSA) is 0 Å². The molecule has 0 spiro atoms. The van der Waals surface area contributed by atoms with Gasteiger partial charge < -0.3 is 0 Å². The van der Waals surface area contributed by atoms with Gasteiger partial charge in [-0.2, -0.15) is 0 Å². The van der Waals surface area contributed by atoms with E-state index in [1.165, 1.54) is 0 Å². The van der Waals surface area contributed by atoms with Gasteiger partial charge in [-0.1, -0.05) is 169 Å². The highest BCUT2D eigenvalue weighted by Gasteiger charge is 2.17. The number of benzene rings is 9. The second kappa shape index (κ2) is 11.4. The van der Waals surface area contributed by atoms with E-state index in [1.54, 1.807) is 0 Å². The Bertz CT molecular complexity index is 4230. The molecule has 0 saturated heterocycles. The zero-order valence-electron chi connectivity index (χ0n) is 53.7. The molecular weight excluding hydrogens is 565 g/mol. The van der Waals surface area contributed by atoms with Crippen LogP contribution in [0.2, 0.25) is 0 Å². The maximum absolute atomic E-state index is 9.98. The Labute approximate surface area is 317 Å². The molecule has 0 amide bonds. The highest BCUT2D eigenvalue weighted by Crippen LogP contribution is 2.42. The molecule has 0 aromatic heterocycles. The van der Waals surface area contributed by atoms with E-state index in [9.17, 15) is 13.7 Å². The van der Waals surface area contributed by atoms with Crippen LogP contribution in [-0.2, 0) is 6.42 Å². The van der Waals surface area contributed by atoms with Gasteiger partial charge in [-0.15, -0.1) is 0 Å². The first-order valence-electron chi connectivity index (χ1n) is 29.0. The van der Waals surface area contributed by atoms with Crippen LogP contribution < -0.4 is 0 Å². The molecule has 0 aliphatic rings. The van der Waals surface area contributed by atoms with Gasteiger partial charge in [0.2, 0.25) is 0 Å². The van der Waals surface area contributed by atoms with Crippen LogP contribution in [0.15, 0.2) is 181 Å². The maximum atomic E-state index is 9.98. The van der Waals surface area contributed by atoms with Gasteiger partial charge in [0.25, 0.3) is 0 Å². The molecule has 220 valence electrons. The molecule has 0 heterocycles. The summed E-state index contributed by atoms with van der Waals surface area (Å²) >= 11 is 0. The quantitative estimate of drug-likeness (QED) is 0.167. The summed E-state index contributed by atoms with van der Waals surface area (Å²) in [5.41, 5.74) is -6.03. The van der Waals surface area contributed by atoms with E-state index < -0.39 is 275 Å². The largest absolute Gasteiger partial charge is 0.0636 e. The standard InChI is InChI=1S/C47H32/c1-2-11-32(12-3-1)39-27-28-44-46(30-39)45(31-40-17-10-16-35-14-6-7-18-41(35)40)42-19-8-9-20-43(42)47(44)36-24-21-34(22-25-36)38-26-23-33-13-4-5-15-37(33)29-38/h1-30H,31H2/i1D,2D,3D,4D,5D,6D,7D,8D,9D,10D,11D,12D,13D,14D,15D,16D,17D,18D,19D,20D,21D,22D,23D,24D,25D,26D,27D,28D,29D,30D. The van der Waals surface area contributed by atoms with Gasteiger partial charge in [0.05, 0.1) is 41.1 Å². The predicted octanol–water partition coefficient (Wildman–Crippen LogP) is 12.9. The van der Waals surface area contributed by atoms with Crippen LogP contribution in [0.4, 0.5) is 0 Å². The molecule has 0 N–H and O–H groups in total. The fraction of sp³-hybridized carbons (Fsp3) is 0.0213. The van der Waals surface area contributed by atoms with Gasteiger partial charge >= 0.3 is 0 Å². The van der Waals surface area contributed by atoms with Crippen LogP contribution in [0, 0.1) is 0 Å². The highest BCUT2D eigenvalue weighted by atomic mass is 14.2. The van der Waals surface area contributed by atoms with Gasteiger partial charge in [0.15, 0.2) is 0 Å². The minimum absolute atomic E-state index is 0.499. The summed E-state index contributed by atoms with van der Waals surface area (Å²) in [6, 6.07) is -28.2. The molecule has 0 saturated carbocycles. The summed E-state index contributed by atoms with van der Waals surface area (Å²) in [5, 5.41) is -5.12. The molecular formula is C47H32. The second-order valence-electron chi connectivity index (χ2n) is 10.1. The van der Waals surface area contributed by atoms with E-state index in [-0.39, 0.29) is 0 Å². The summed E-state index contributed by atoms with van der Waals surface area (Å²) in [5.74, 6) is 0. The normalized spacial score (nSPS) is 20.4. The van der Waals surface area contributed by atoms with Gasteiger partial charge in [-0.25, -0.2) is 0 Å². The lowest BCUT2D eigenvalue weighted by molar-refractivity contribution is 1.26. The molecule has 0 aliphatic carbocycles. The molecule has 0 aliphatic heterocycles. The van der Waals surface area contributed by atoms with Crippen molar-refractivity contribution in [3.05, 3.63) is 192 Å². The highest BCUT2D eigenvalue weighted by molar-refractivity contribution is 6.16. The minimum Gasteiger partial charge on any atom is -0.0622 e. The molecule has 0 heteroatoms. The summed E-state index contributed by atoms with van der Waals surface area (Å²) in [4.78, 5) is 0. The summed E-state index contributed by atoms with van der Waals surface area (Å²) < 4.78 is 268. The van der Waals surface area contributed by atoms with Crippen LogP contribution in [-0.4, -0.2) is 0 Å². The Kier molecular flexibility index (Phi) is 2.56. The van der Waals surface area contributed by atoms with Crippen molar-refractivity contribution in [3.63, 3.8) is 0 Å². The second-order valence-corrected chi connectivity index (χ2v) is 10.1. The zero-order chi connectivity index (χ0) is 57.3. The fourth-order valence-corrected chi connectivity index (χ4v) is 5.37. The van der Waals surface area contributed by atoms with Crippen molar-refractivity contribution >= 4 is 43.1 Å².